The number of aryl methyl sites for hydroxylation is 1. The molecule has 1 N–H and O–H groups in total. The summed E-state index contributed by atoms with van der Waals surface area (Å²) in [5.41, 5.74) is 1.14. The standard InChI is InChI=1S/C10H20N4/c1-11-6-4-7-13(2)9-10-5-8-14(3)12-10/h5,8,11H,4,6-7,9H2,1-3H3. The Kier molecular flexibility index (Phi) is 4.62. The highest BCUT2D eigenvalue weighted by molar-refractivity contribution is 4.97. The van der Waals surface area contributed by atoms with E-state index in [1.807, 2.05) is 25.0 Å². The van der Waals surface area contributed by atoms with Gasteiger partial charge in [-0.1, -0.05) is 0 Å². The number of nitrogens with zero attached hydrogens (tertiary/aromatic N) is 3. The molecule has 1 aromatic heterocycles. The maximum absolute atomic E-state index is 4.34. The summed E-state index contributed by atoms with van der Waals surface area (Å²) in [6, 6.07) is 2.06. The van der Waals surface area contributed by atoms with Crippen LogP contribution in [-0.2, 0) is 13.6 Å². The fourth-order valence-corrected chi connectivity index (χ4v) is 1.43. The van der Waals surface area contributed by atoms with Crippen LogP contribution in [0.2, 0.25) is 0 Å². The predicted molar refractivity (Wildman–Crippen MR) is 58.1 cm³/mol. The SMILES string of the molecule is CNCCCN(C)Cc1ccn(C)n1. The molecule has 0 aromatic carbocycles. The van der Waals surface area contributed by atoms with Crippen LogP contribution in [0.1, 0.15) is 12.1 Å². The fourth-order valence-electron chi connectivity index (χ4n) is 1.43. The van der Waals surface area contributed by atoms with Gasteiger partial charge in [0.25, 0.3) is 0 Å². The van der Waals surface area contributed by atoms with E-state index in [4.69, 9.17) is 0 Å². The molecule has 0 fully saturated rings. The smallest absolute Gasteiger partial charge is 0.0764 e. The minimum atomic E-state index is 0.935. The Morgan fingerprint density at radius 1 is 1.57 bits per heavy atom. The largest absolute Gasteiger partial charge is 0.320 e. The van der Waals surface area contributed by atoms with E-state index >= 15 is 0 Å². The van der Waals surface area contributed by atoms with E-state index in [1.54, 1.807) is 0 Å². The zero-order valence-corrected chi connectivity index (χ0v) is 9.32. The van der Waals surface area contributed by atoms with Crippen LogP contribution in [0.25, 0.3) is 0 Å². The molecule has 1 aromatic rings. The quantitative estimate of drug-likeness (QED) is 0.671. The lowest BCUT2D eigenvalue weighted by Crippen LogP contribution is -2.22. The maximum atomic E-state index is 4.34. The van der Waals surface area contributed by atoms with E-state index in [0.717, 1.165) is 25.3 Å². The molecule has 0 saturated carbocycles. The van der Waals surface area contributed by atoms with Crippen molar-refractivity contribution in [1.82, 2.24) is 20.0 Å². The second-order valence-electron chi connectivity index (χ2n) is 3.68. The molecular formula is C10H20N4. The Morgan fingerprint density at radius 2 is 2.36 bits per heavy atom. The molecule has 0 radical (unpaired) electrons. The molecule has 0 aliphatic heterocycles. The highest BCUT2D eigenvalue weighted by Gasteiger charge is 2.01. The molecule has 0 saturated heterocycles. The number of hydrogen-bond donors (Lipinski definition) is 1. The average Bonchev–Trinajstić information content (AvgIpc) is 2.52. The third-order valence-electron chi connectivity index (χ3n) is 2.17. The molecule has 0 amide bonds. The Balaban J connectivity index is 2.23. The third kappa shape index (κ3) is 3.89. The number of hydrogen-bond acceptors (Lipinski definition) is 3. The van der Waals surface area contributed by atoms with Crippen LogP contribution in [0.4, 0.5) is 0 Å². The van der Waals surface area contributed by atoms with Gasteiger partial charge in [-0.05, 0) is 39.7 Å². The first-order valence-electron chi connectivity index (χ1n) is 5.04. The zero-order chi connectivity index (χ0) is 10.4. The van der Waals surface area contributed by atoms with Gasteiger partial charge in [0.1, 0.15) is 0 Å². The molecule has 0 bridgehead atoms. The third-order valence-corrected chi connectivity index (χ3v) is 2.17. The van der Waals surface area contributed by atoms with E-state index in [-0.39, 0.29) is 0 Å². The minimum Gasteiger partial charge on any atom is -0.320 e. The van der Waals surface area contributed by atoms with Gasteiger partial charge in [0.15, 0.2) is 0 Å². The number of aromatic nitrogens is 2. The first kappa shape index (κ1) is 11.2. The molecule has 0 spiro atoms. The summed E-state index contributed by atoms with van der Waals surface area (Å²) in [5.74, 6) is 0. The summed E-state index contributed by atoms with van der Waals surface area (Å²) < 4.78 is 1.84. The summed E-state index contributed by atoms with van der Waals surface area (Å²) in [4.78, 5) is 2.29. The topological polar surface area (TPSA) is 33.1 Å². The van der Waals surface area contributed by atoms with Crippen LogP contribution in [0.5, 0.6) is 0 Å². The van der Waals surface area contributed by atoms with E-state index in [2.05, 4.69) is 28.4 Å². The molecule has 4 heteroatoms. The normalized spacial score (nSPS) is 11.1. The molecule has 1 rings (SSSR count). The van der Waals surface area contributed by atoms with Gasteiger partial charge < -0.3 is 10.2 Å². The Labute approximate surface area is 85.9 Å². The minimum absolute atomic E-state index is 0.935. The van der Waals surface area contributed by atoms with E-state index in [9.17, 15) is 0 Å². The van der Waals surface area contributed by atoms with Crippen molar-refractivity contribution in [3.8, 4) is 0 Å². The van der Waals surface area contributed by atoms with Crippen molar-refractivity contribution < 1.29 is 0 Å². The van der Waals surface area contributed by atoms with Crippen molar-refractivity contribution in [3.63, 3.8) is 0 Å². The summed E-state index contributed by atoms with van der Waals surface area (Å²) in [7, 11) is 6.06. The van der Waals surface area contributed by atoms with Gasteiger partial charge in [-0.15, -0.1) is 0 Å². The lowest BCUT2D eigenvalue weighted by Gasteiger charge is -2.14. The fraction of sp³-hybridized carbons (Fsp3) is 0.700. The maximum Gasteiger partial charge on any atom is 0.0764 e. The first-order valence-corrected chi connectivity index (χ1v) is 5.04. The molecule has 0 unspecified atom stereocenters. The van der Waals surface area contributed by atoms with Gasteiger partial charge in [-0.2, -0.15) is 5.10 Å². The summed E-state index contributed by atoms with van der Waals surface area (Å²) in [5, 5.41) is 7.48. The van der Waals surface area contributed by atoms with Crippen molar-refractivity contribution in [2.45, 2.75) is 13.0 Å². The molecule has 4 nitrogen and oxygen atoms in total. The van der Waals surface area contributed by atoms with Crippen LogP contribution >= 0.6 is 0 Å². The summed E-state index contributed by atoms with van der Waals surface area (Å²) in [6.45, 7) is 3.12. The Hall–Kier alpha value is -0.870. The van der Waals surface area contributed by atoms with Gasteiger partial charge >= 0.3 is 0 Å². The van der Waals surface area contributed by atoms with Gasteiger partial charge in [0.05, 0.1) is 5.69 Å². The van der Waals surface area contributed by atoms with Crippen LogP contribution in [0.15, 0.2) is 12.3 Å². The van der Waals surface area contributed by atoms with Crippen LogP contribution < -0.4 is 5.32 Å². The van der Waals surface area contributed by atoms with Gasteiger partial charge in [-0.25, -0.2) is 0 Å². The van der Waals surface area contributed by atoms with E-state index in [1.165, 1.54) is 6.42 Å². The van der Waals surface area contributed by atoms with Crippen LogP contribution in [0, 0.1) is 0 Å². The highest BCUT2D eigenvalue weighted by atomic mass is 15.3. The Morgan fingerprint density at radius 3 is 2.93 bits per heavy atom. The van der Waals surface area contributed by atoms with Gasteiger partial charge in [-0.3, -0.25) is 4.68 Å². The van der Waals surface area contributed by atoms with Crippen molar-refractivity contribution in [2.75, 3.05) is 27.2 Å². The molecule has 0 atom stereocenters. The summed E-state index contributed by atoms with van der Waals surface area (Å²) >= 11 is 0. The van der Waals surface area contributed by atoms with Gasteiger partial charge in [0, 0.05) is 19.8 Å². The highest BCUT2D eigenvalue weighted by Crippen LogP contribution is 1.99. The number of nitrogens with one attached hydrogen (secondary N) is 1. The molecule has 80 valence electrons. The molecule has 14 heavy (non-hydrogen) atoms. The second-order valence-corrected chi connectivity index (χ2v) is 3.68. The Bertz CT molecular complexity index is 256. The molecular weight excluding hydrogens is 176 g/mol. The molecule has 0 aliphatic rings. The van der Waals surface area contributed by atoms with Gasteiger partial charge in [0.2, 0.25) is 0 Å². The van der Waals surface area contributed by atoms with Crippen LogP contribution in [0.3, 0.4) is 0 Å². The monoisotopic (exact) mass is 196 g/mol. The van der Waals surface area contributed by atoms with Crippen molar-refractivity contribution in [3.05, 3.63) is 18.0 Å². The van der Waals surface area contributed by atoms with E-state index < -0.39 is 0 Å². The van der Waals surface area contributed by atoms with Crippen molar-refractivity contribution >= 4 is 0 Å². The lowest BCUT2D eigenvalue weighted by molar-refractivity contribution is 0.316. The van der Waals surface area contributed by atoms with Crippen molar-refractivity contribution in [2.24, 2.45) is 7.05 Å². The van der Waals surface area contributed by atoms with E-state index in [0.29, 0.717) is 0 Å². The zero-order valence-electron chi connectivity index (χ0n) is 9.32. The van der Waals surface area contributed by atoms with Crippen molar-refractivity contribution in [1.29, 1.82) is 0 Å². The van der Waals surface area contributed by atoms with Crippen LogP contribution in [-0.4, -0.2) is 41.9 Å². The lowest BCUT2D eigenvalue weighted by atomic mass is 10.3. The number of rotatable bonds is 6. The summed E-state index contributed by atoms with van der Waals surface area (Å²) in [6.07, 6.45) is 3.16. The predicted octanol–water partition coefficient (Wildman–Crippen LogP) is 0.461. The second kappa shape index (κ2) is 5.78. The molecule has 0 aliphatic carbocycles. The average molecular weight is 196 g/mol. The first-order chi connectivity index (χ1) is 6.72. The molecule has 1 heterocycles.